The third-order valence-electron chi connectivity index (χ3n) is 5.64. The third kappa shape index (κ3) is 4.32. The van der Waals surface area contributed by atoms with Crippen molar-refractivity contribution in [2.75, 3.05) is 6.61 Å². The summed E-state index contributed by atoms with van der Waals surface area (Å²) in [5, 5.41) is 0. The molecule has 6 nitrogen and oxygen atoms in total. The number of rotatable bonds is 6. The van der Waals surface area contributed by atoms with E-state index in [1.165, 1.54) is 18.2 Å². The van der Waals surface area contributed by atoms with Crippen LogP contribution in [0.5, 0.6) is 0 Å². The molecule has 1 amide bonds. The summed E-state index contributed by atoms with van der Waals surface area (Å²) in [6, 6.07) is 20.4. The summed E-state index contributed by atoms with van der Waals surface area (Å²) in [6.07, 6.45) is 0. The lowest BCUT2D eigenvalue weighted by Crippen LogP contribution is -2.39. The quantitative estimate of drug-likeness (QED) is 0.422. The monoisotopic (exact) mass is 441 g/mol. The van der Waals surface area contributed by atoms with Gasteiger partial charge in [0.25, 0.3) is 5.91 Å². The minimum absolute atomic E-state index is 0.0173. The van der Waals surface area contributed by atoms with E-state index in [1.54, 1.807) is 29.2 Å². The molecule has 6 heteroatoms. The van der Waals surface area contributed by atoms with Crippen LogP contribution in [0, 0.1) is 0 Å². The zero-order valence-electron chi connectivity index (χ0n) is 18.4. The van der Waals surface area contributed by atoms with Gasteiger partial charge in [0.1, 0.15) is 0 Å². The van der Waals surface area contributed by atoms with E-state index in [9.17, 15) is 19.2 Å². The molecule has 4 rings (SSSR count). The molecule has 0 aromatic heterocycles. The molecule has 0 saturated carbocycles. The molecule has 0 spiro atoms. The first-order valence-electron chi connectivity index (χ1n) is 10.7. The fraction of sp³-hybridized carbons (Fsp3) is 0.185. The predicted octanol–water partition coefficient (Wildman–Crippen LogP) is 4.06. The van der Waals surface area contributed by atoms with E-state index >= 15 is 0 Å². The standard InChI is InChI=1S/C27H23NO5/c1-17(2)28(15-18-9-4-3-5-10-18)23(29)16-33-27(32)22-14-8-13-21-24(22)26(31)20-12-7-6-11-19(20)25(21)30/h3-14,17H,15-16H2,1-2H3. The molecule has 166 valence electrons. The van der Waals surface area contributed by atoms with Gasteiger partial charge in [-0.3, -0.25) is 14.4 Å². The molecule has 0 atom stereocenters. The van der Waals surface area contributed by atoms with Crippen molar-refractivity contribution >= 4 is 23.4 Å². The maximum atomic E-state index is 13.1. The molecule has 0 radical (unpaired) electrons. The minimum atomic E-state index is -0.816. The van der Waals surface area contributed by atoms with E-state index in [2.05, 4.69) is 0 Å². The van der Waals surface area contributed by atoms with Gasteiger partial charge in [-0.05, 0) is 25.5 Å². The SMILES string of the molecule is CC(C)N(Cc1ccccc1)C(=O)COC(=O)c1cccc2c1C(=O)c1ccccc1C2=O. The Balaban J connectivity index is 1.53. The summed E-state index contributed by atoms with van der Waals surface area (Å²) in [7, 11) is 0. The summed E-state index contributed by atoms with van der Waals surface area (Å²) < 4.78 is 5.30. The van der Waals surface area contributed by atoms with Crippen LogP contribution in [0.1, 0.15) is 61.6 Å². The summed E-state index contributed by atoms with van der Waals surface area (Å²) in [4.78, 5) is 53.3. The van der Waals surface area contributed by atoms with Gasteiger partial charge in [-0.15, -0.1) is 0 Å². The van der Waals surface area contributed by atoms with E-state index in [0.29, 0.717) is 12.1 Å². The van der Waals surface area contributed by atoms with E-state index in [1.807, 2.05) is 44.2 Å². The largest absolute Gasteiger partial charge is 0.452 e. The second-order valence-corrected chi connectivity index (χ2v) is 8.11. The van der Waals surface area contributed by atoms with Gasteiger partial charge in [0.15, 0.2) is 18.2 Å². The lowest BCUT2D eigenvalue weighted by atomic mass is 9.82. The highest BCUT2D eigenvalue weighted by atomic mass is 16.5. The zero-order valence-corrected chi connectivity index (χ0v) is 18.4. The lowest BCUT2D eigenvalue weighted by molar-refractivity contribution is -0.136. The molecular weight excluding hydrogens is 418 g/mol. The van der Waals surface area contributed by atoms with Crippen LogP contribution in [0.25, 0.3) is 0 Å². The molecule has 0 N–H and O–H groups in total. The Hall–Kier alpha value is -4.06. The summed E-state index contributed by atoms with van der Waals surface area (Å²) in [6.45, 7) is 3.70. The van der Waals surface area contributed by atoms with Crippen molar-refractivity contribution < 1.29 is 23.9 Å². The number of benzene rings is 3. The van der Waals surface area contributed by atoms with Crippen LogP contribution < -0.4 is 0 Å². The third-order valence-corrected chi connectivity index (χ3v) is 5.64. The Bertz CT molecular complexity index is 1250. The Kier molecular flexibility index (Phi) is 6.18. The van der Waals surface area contributed by atoms with Crippen molar-refractivity contribution in [1.82, 2.24) is 4.90 Å². The van der Waals surface area contributed by atoms with Crippen LogP contribution in [-0.2, 0) is 16.1 Å². The summed E-state index contributed by atoms with van der Waals surface area (Å²) in [5.74, 6) is -1.89. The molecule has 0 fully saturated rings. The van der Waals surface area contributed by atoms with Crippen LogP contribution in [-0.4, -0.2) is 41.0 Å². The molecule has 0 unspecified atom stereocenters. The number of nitrogens with zero attached hydrogens (tertiary/aromatic N) is 1. The minimum Gasteiger partial charge on any atom is -0.452 e. The Labute approximate surface area is 191 Å². The number of ether oxygens (including phenoxy) is 1. The Morgan fingerprint density at radius 3 is 2.06 bits per heavy atom. The van der Waals surface area contributed by atoms with Crippen LogP contribution in [0.3, 0.4) is 0 Å². The Morgan fingerprint density at radius 2 is 1.39 bits per heavy atom. The molecule has 0 saturated heterocycles. The Morgan fingerprint density at radius 1 is 0.788 bits per heavy atom. The zero-order chi connectivity index (χ0) is 23.5. The molecule has 0 bridgehead atoms. The molecule has 3 aromatic carbocycles. The van der Waals surface area contributed by atoms with Crippen LogP contribution >= 0.6 is 0 Å². The number of fused-ring (bicyclic) bond motifs is 2. The average Bonchev–Trinajstić information content (AvgIpc) is 2.84. The molecule has 0 heterocycles. The number of ketones is 2. The number of hydrogen-bond donors (Lipinski definition) is 0. The number of carbonyl (C=O) groups excluding carboxylic acids is 4. The summed E-state index contributed by atoms with van der Waals surface area (Å²) in [5.41, 5.74) is 1.68. The predicted molar refractivity (Wildman–Crippen MR) is 122 cm³/mol. The first-order chi connectivity index (χ1) is 15.9. The number of carbonyl (C=O) groups is 4. The van der Waals surface area contributed by atoms with E-state index in [0.717, 1.165) is 5.56 Å². The second-order valence-electron chi connectivity index (χ2n) is 8.11. The highest BCUT2D eigenvalue weighted by molar-refractivity contribution is 6.30. The normalized spacial score (nSPS) is 12.2. The van der Waals surface area contributed by atoms with Gasteiger partial charge in [-0.25, -0.2) is 4.79 Å². The van der Waals surface area contributed by atoms with Crippen LogP contribution in [0.4, 0.5) is 0 Å². The van der Waals surface area contributed by atoms with E-state index in [-0.39, 0.29) is 40.0 Å². The van der Waals surface area contributed by atoms with Crippen molar-refractivity contribution in [3.05, 3.63) is 106 Å². The van der Waals surface area contributed by atoms with Crippen molar-refractivity contribution in [3.63, 3.8) is 0 Å². The summed E-state index contributed by atoms with van der Waals surface area (Å²) >= 11 is 0. The molecule has 1 aliphatic rings. The fourth-order valence-corrected chi connectivity index (χ4v) is 3.94. The highest BCUT2D eigenvalue weighted by Crippen LogP contribution is 2.29. The van der Waals surface area contributed by atoms with Gasteiger partial charge >= 0.3 is 5.97 Å². The van der Waals surface area contributed by atoms with Crippen LogP contribution in [0.2, 0.25) is 0 Å². The van der Waals surface area contributed by atoms with E-state index in [4.69, 9.17) is 4.74 Å². The molecule has 1 aliphatic carbocycles. The topological polar surface area (TPSA) is 80.8 Å². The first kappa shape index (κ1) is 22.1. The first-order valence-corrected chi connectivity index (χ1v) is 10.7. The van der Waals surface area contributed by atoms with Crippen molar-refractivity contribution in [2.45, 2.75) is 26.4 Å². The van der Waals surface area contributed by atoms with Gasteiger partial charge in [0.2, 0.25) is 0 Å². The average molecular weight is 441 g/mol. The number of hydrogen-bond acceptors (Lipinski definition) is 5. The number of amides is 1. The van der Waals surface area contributed by atoms with Gasteiger partial charge in [-0.1, -0.05) is 66.7 Å². The van der Waals surface area contributed by atoms with Gasteiger partial charge in [-0.2, -0.15) is 0 Å². The number of esters is 1. The smallest absolute Gasteiger partial charge is 0.339 e. The van der Waals surface area contributed by atoms with Crippen molar-refractivity contribution in [2.24, 2.45) is 0 Å². The van der Waals surface area contributed by atoms with E-state index < -0.39 is 18.4 Å². The molecule has 3 aromatic rings. The van der Waals surface area contributed by atoms with Crippen molar-refractivity contribution in [3.8, 4) is 0 Å². The maximum Gasteiger partial charge on any atom is 0.339 e. The molecular formula is C27H23NO5. The molecule has 33 heavy (non-hydrogen) atoms. The molecule has 0 aliphatic heterocycles. The highest BCUT2D eigenvalue weighted by Gasteiger charge is 2.33. The van der Waals surface area contributed by atoms with Gasteiger partial charge in [0, 0.05) is 34.8 Å². The van der Waals surface area contributed by atoms with Crippen molar-refractivity contribution in [1.29, 1.82) is 0 Å². The van der Waals surface area contributed by atoms with Gasteiger partial charge in [0.05, 0.1) is 5.56 Å². The lowest BCUT2D eigenvalue weighted by Gasteiger charge is -2.27. The van der Waals surface area contributed by atoms with Gasteiger partial charge < -0.3 is 9.64 Å². The maximum absolute atomic E-state index is 13.1. The fourth-order valence-electron chi connectivity index (χ4n) is 3.94. The van der Waals surface area contributed by atoms with Crippen LogP contribution in [0.15, 0.2) is 72.8 Å². The second kappa shape index (κ2) is 9.20.